The average Bonchev–Trinajstić information content (AvgIpc) is 3.18. The zero-order valence-corrected chi connectivity index (χ0v) is 18.2. The van der Waals surface area contributed by atoms with Gasteiger partial charge in [0.05, 0.1) is 41.5 Å². The summed E-state index contributed by atoms with van der Waals surface area (Å²) in [5, 5.41) is 9.74. The van der Waals surface area contributed by atoms with Gasteiger partial charge >= 0.3 is 6.18 Å². The molecule has 0 aliphatic carbocycles. The number of morpholine rings is 1. The maximum Gasteiger partial charge on any atom is 0.418 e. The van der Waals surface area contributed by atoms with Crippen LogP contribution in [0.3, 0.4) is 0 Å². The van der Waals surface area contributed by atoms with E-state index in [1.54, 1.807) is 24.0 Å². The average molecular weight is 470 g/mol. The minimum Gasteiger partial charge on any atom is -0.378 e. The van der Waals surface area contributed by atoms with Crippen LogP contribution in [0.15, 0.2) is 53.1 Å². The number of aromatic nitrogens is 1. The summed E-state index contributed by atoms with van der Waals surface area (Å²) in [7, 11) is 0. The third-order valence-electron chi connectivity index (χ3n) is 5.69. The minimum atomic E-state index is -4.58. The fourth-order valence-corrected chi connectivity index (χ4v) is 4.07. The zero-order chi connectivity index (χ0) is 23.9. The molecule has 0 saturated carbocycles. The largest absolute Gasteiger partial charge is 0.418 e. The van der Waals surface area contributed by atoms with Gasteiger partial charge in [-0.05, 0) is 30.7 Å². The number of alkyl halides is 3. The van der Waals surface area contributed by atoms with Gasteiger partial charge in [-0.3, -0.25) is 4.79 Å². The molecule has 34 heavy (non-hydrogen) atoms. The first-order chi connectivity index (χ1) is 16.3. The zero-order valence-electron chi connectivity index (χ0n) is 18.2. The standard InChI is InChI=1S/C24H21F3N4O3/c1-14-9-19(30-34-14)16-4-2-3-15(10-16)18-13-23(32)29-20-11-17(24(25,26)27)22(12-21(20)28-18)31-5-7-33-8-6-31/h2-4,9-13,28H,5-8H2,1H3,(H,29,32). The Morgan fingerprint density at radius 3 is 2.44 bits per heavy atom. The molecule has 10 heteroatoms. The SMILES string of the molecule is Cc1cc(-c2cccc(C3=CC(=O)Nc4cc(C(F)(F)F)c(N5CCOCC5)cc4N3)c2)no1. The third kappa shape index (κ3) is 4.36. The summed E-state index contributed by atoms with van der Waals surface area (Å²) in [4.78, 5) is 14.2. The molecule has 3 aromatic rings. The molecule has 176 valence electrons. The van der Waals surface area contributed by atoms with Crippen molar-refractivity contribution in [2.75, 3.05) is 41.8 Å². The molecular weight excluding hydrogens is 449 g/mol. The van der Waals surface area contributed by atoms with Crippen LogP contribution in [-0.2, 0) is 15.7 Å². The molecule has 0 spiro atoms. The number of nitrogens with one attached hydrogen (secondary N) is 2. The normalized spacial score (nSPS) is 16.3. The second-order valence-electron chi connectivity index (χ2n) is 8.09. The van der Waals surface area contributed by atoms with Crippen LogP contribution in [0.4, 0.5) is 30.2 Å². The van der Waals surface area contributed by atoms with Crippen LogP contribution in [0.25, 0.3) is 17.0 Å². The smallest absolute Gasteiger partial charge is 0.378 e. The molecule has 3 heterocycles. The molecule has 2 aliphatic heterocycles. The summed E-state index contributed by atoms with van der Waals surface area (Å²) in [6.45, 7) is 3.17. The van der Waals surface area contributed by atoms with Gasteiger partial charge in [0, 0.05) is 30.8 Å². The number of nitrogens with zero attached hydrogens (tertiary/aromatic N) is 2. The Balaban J connectivity index is 1.55. The number of fused-ring (bicyclic) bond motifs is 1. The molecule has 1 saturated heterocycles. The summed E-state index contributed by atoms with van der Waals surface area (Å²) in [5.41, 5.74) is 2.22. The molecule has 5 rings (SSSR count). The molecule has 0 unspecified atom stereocenters. The van der Waals surface area contributed by atoms with Crippen LogP contribution in [0.1, 0.15) is 16.9 Å². The molecule has 2 aliphatic rings. The topological polar surface area (TPSA) is 79.6 Å². The van der Waals surface area contributed by atoms with Crippen LogP contribution in [0.5, 0.6) is 0 Å². The van der Waals surface area contributed by atoms with Crippen molar-refractivity contribution in [3.63, 3.8) is 0 Å². The summed E-state index contributed by atoms with van der Waals surface area (Å²) in [6.07, 6.45) is -3.26. The highest BCUT2D eigenvalue weighted by molar-refractivity contribution is 6.10. The summed E-state index contributed by atoms with van der Waals surface area (Å²) in [5.74, 6) is 0.132. The van der Waals surface area contributed by atoms with Crippen LogP contribution in [0.2, 0.25) is 0 Å². The number of benzene rings is 2. The highest BCUT2D eigenvalue weighted by Crippen LogP contribution is 2.43. The lowest BCUT2D eigenvalue weighted by atomic mass is 10.0. The first-order valence-electron chi connectivity index (χ1n) is 10.7. The maximum atomic E-state index is 13.9. The first-order valence-corrected chi connectivity index (χ1v) is 10.7. The lowest BCUT2D eigenvalue weighted by Gasteiger charge is -2.32. The number of carbonyl (C=O) groups is 1. The molecule has 0 atom stereocenters. The van der Waals surface area contributed by atoms with Gasteiger partial charge < -0.3 is 24.8 Å². The van der Waals surface area contributed by atoms with Gasteiger partial charge in [0.15, 0.2) is 0 Å². The van der Waals surface area contributed by atoms with Crippen molar-refractivity contribution in [3.05, 3.63) is 65.4 Å². The van der Waals surface area contributed by atoms with E-state index in [2.05, 4.69) is 15.8 Å². The summed E-state index contributed by atoms with van der Waals surface area (Å²) < 4.78 is 52.2. The van der Waals surface area contributed by atoms with E-state index >= 15 is 0 Å². The Bertz CT molecular complexity index is 1280. The van der Waals surface area contributed by atoms with Crippen molar-refractivity contribution >= 4 is 28.7 Å². The Morgan fingerprint density at radius 1 is 1.00 bits per heavy atom. The highest BCUT2D eigenvalue weighted by Gasteiger charge is 2.37. The number of aryl methyl sites for hydroxylation is 1. The summed E-state index contributed by atoms with van der Waals surface area (Å²) in [6, 6.07) is 11.5. The van der Waals surface area contributed by atoms with Crippen LogP contribution >= 0.6 is 0 Å². The predicted octanol–water partition coefficient (Wildman–Crippen LogP) is 4.91. The second kappa shape index (κ2) is 8.53. The van der Waals surface area contributed by atoms with E-state index in [4.69, 9.17) is 9.26 Å². The van der Waals surface area contributed by atoms with Crippen LogP contribution in [0, 0.1) is 6.92 Å². The molecule has 0 radical (unpaired) electrons. The van der Waals surface area contributed by atoms with Gasteiger partial charge in [-0.25, -0.2) is 0 Å². The van der Waals surface area contributed by atoms with Crippen molar-refractivity contribution < 1.29 is 27.2 Å². The quantitative estimate of drug-likeness (QED) is 0.566. The lowest BCUT2D eigenvalue weighted by molar-refractivity contribution is -0.137. The van der Waals surface area contributed by atoms with E-state index < -0.39 is 17.6 Å². The Labute approximate surface area is 193 Å². The van der Waals surface area contributed by atoms with E-state index in [9.17, 15) is 18.0 Å². The van der Waals surface area contributed by atoms with E-state index in [0.717, 1.165) is 11.6 Å². The van der Waals surface area contributed by atoms with Gasteiger partial charge in [0.25, 0.3) is 5.91 Å². The van der Waals surface area contributed by atoms with Crippen molar-refractivity contribution in [1.82, 2.24) is 5.16 Å². The van der Waals surface area contributed by atoms with Gasteiger partial charge in [0.1, 0.15) is 11.5 Å². The minimum absolute atomic E-state index is 0.0457. The number of anilines is 3. The number of halogens is 3. The molecule has 0 bridgehead atoms. The number of hydrogen-bond donors (Lipinski definition) is 2. The molecule has 7 nitrogen and oxygen atoms in total. The number of carbonyl (C=O) groups excluding carboxylic acids is 1. The van der Waals surface area contributed by atoms with Crippen molar-refractivity contribution in [2.24, 2.45) is 0 Å². The Morgan fingerprint density at radius 2 is 1.74 bits per heavy atom. The van der Waals surface area contributed by atoms with Crippen LogP contribution < -0.4 is 15.5 Å². The second-order valence-corrected chi connectivity index (χ2v) is 8.09. The van der Waals surface area contributed by atoms with Crippen LogP contribution in [-0.4, -0.2) is 37.4 Å². The molecule has 2 N–H and O–H groups in total. The number of rotatable bonds is 3. The predicted molar refractivity (Wildman–Crippen MR) is 121 cm³/mol. The third-order valence-corrected chi connectivity index (χ3v) is 5.69. The van der Waals surface area contributed by atoms with E-state index in [-0.39, 0.29) is 11.4 Å². The van der Waals surface area contributed by atoms with Crippen molar-refractivity contribution in [2.45, 2.75) is 13.1 Å². The fraction of sp³-hybridized carbons (Fsp3) is 0.250. The van der Waals surface area contributed by atoms with Gasteiger partial charge in [-0.2, -0.15) is 13.2 Å². The highest BCUT2D eigenvalue weighted by atomic mass is 19.4. The van der Waals surface area contributed by atoms with E-state index in [1.807, 2.05) is 18.2 Å². The number of amides is 1. The molecule has 2 aromatic carbocycles. The van der Waals surface area contributed by atoms with Gasteiger partial charge in [-0.15, -0.1) is 0 Å². The molecule has 1 fully saturated rings. The first kappa shape index (κ1) is 22.0. The summed E-state index contributed by atoms with van der Waals surface area (Å²) >= 11 is 0. The van der Waals surface area contributed by atoms with Crippen molar-refractivity contribution in [3.8, 4) is 11.3 Å². The number of hydrogen-bond acceptors (Lipinski definition) is 6. The van der Waals surface area contributed by atoms with Gasteiger partial charge in [0.2, 0.25) is 0 Å². The number of ether oxygens (including phenoxy) is 1. The van der Waals surface area contributed by atoms with E-state index in [1.165, 1.54) is 12.1 Å². The van der Waals surface area contributed by atoms with Crippen molar-refractivity contribution in [1.29, 1.82) is 0 Å². The van der Waals surface area contributed by atoms with Gasteiger partial charge in [-0.1, -0.05) is 23.4 Å². The Kier molecular flexibility index (Phi) is 5.52. The maximum absolute atomic E-state index is 13.9. The van der Waals surface area contributed by atoms with E-state index in [0.29, 0.717) is 54.7 Å². The molecule has 1 aromatic heterocycles. The fourth-order valence-electron chi connectivity index (χ4n) is 4.07. The molecular formula is C24H21F3N4O3. The monoisotopic (exact) mass is 470 g/mol. The lowest BCUT2D eigenvalue weighted by Crippen LogP contribution is -2.37. The Hall–Kier alpha value is -3.79. The molecule has 1 amide bonds.